The van der Waals surface area contributed by atoms with E-state index < -0.39 is 66.8 Å². The third-order valence-electron chi connectivity index (χ3n) is 9.71. The van der Waals surface area contributed by atoms with Gasteiger partial charge in [0, 0.05) is 5.69 Å². The summed E-state index contributed by atoms with van der Waals surface area (Å²) in [5.74, 6) is -1.02. The van der Waals surface area contributed by atoms with Gasteiger partial charge in [0.05, 0.1) is 42.0 Å². The highest BCUT2D eigenvalue weighted by Crippen LogP contribution is 2.41. The number of aliphatic hydroxyl groups excluding tert-OH is 4. The van der Waals surface area contributed by atoms with Crippen LogP contribution in [0, 0.1) is 22.5 Å². The van der Waals surface area contributed by atoms with Crippen LogP contribution in [0.2, 0.25) is 0 Å². The van der Waals surface area contributed by atoms with Crippen molar-refractivity contribution in [2.24, 2.45) is 11.1 Å². The number of allylic oxidation sites excluding steroid dienone is 5. The van der Waals surface area contributed by atoms with Crippen LogP contribution in [0.4, 0.5) is 14.5 Å². The van der Waals surface area contributed by atoms with E-state index in [1.54, 1.807) is 24.0 Å². The third-order valence-corrected chi connectivity index (χ3v) is 10.5. The number of hydrogen-bond acceptors (Lipinski definition) is 10. The number of hydrogen-bond donors (Lipinski definition) is 4. The zero-order valence-electron chi connectivity index (χ0n) is 31.4. The molecule has 0 spiro atoms. The first-order valence-corrected chi connectivity index (χ1v) is 19.3. The molecule has 0 aromatic heterocycles. The van der Waals surface area contributed by atoms with E-state index in [1.165, 1.54) is 36.4 Å². The molecule has 8 unspecified atom stereocenters. The van der Waals surface area contributed by atoms with Crippen LogP contribution in [-0.4, -0.2) is 75.2 Å². The Labute approximate surface area is 325 Å². The van der Waals surface area contributed by atoms with Gasteiger partial charge in [-0.15, -0.1) is 0 Å². The Morgan fingerprint density at radius 3 is 2.16 bits per heavy atom. The second kappa shape index (κ2) is 21.2. The summed E-state index contributed by atoms with van der Waals surface area (Å²) in [4.78, 5) is 26.2. The molecule has 13 heteroatoms. The molecule has 8 atom stereocenters. The molecule has 3 aromatic carbocycles. The molecule has 0 bridgehead atoms. The molecule has 5 rings (SSSR count). The standard InChI is InChI=1S/C40H44F2N2O8S.C2H6/c1-3-25(26-7-5-4-6-8-26)9-10-28(24(2)52-53-23-36-38(47)39(48)37(46)35(51-36)22-43-50)21-33-32(19-20-34(45)27-11-13-29(41)14-12-27)40(49)44(33)31-17-15-30(42)16-18-31;1-2/h3-18,32-39,45-48H,19-23H2,1-2H3;1-2H3/b10-9-,25-3+,28-24-;. The van der Waals surface area contributed by atoms with Crippen molar-refractivity contribution < 1.29 is 42.9 Å². The van der Waals surface area contributed by atoms with Crippen LogP contribution in [0.3, 0.4) is 0 Å². The molecule has 0 radical (unpaired) electrons. The Hall–Kier alpha value is -4.24. The molecule has 2 aliphatic rings. The number of β-lactam (4-membered cyclic amide) rings is 1. The summed E-state index contributed by atoms with van der Waals surface area (Å²) in [6.45, 7) is 7.28. The first-order valence-electron chi connectivity index (χ1n) is 18.4. The zero-order chi connectivity index (χ0) is 40.1. The molecule has 2 heterocycles. The Kier molecular flexibility index (Phi) is 16.7. The molecular formula is C42H50F2N2O8S. The SMILES string of the molecule is CC.C\C=C(/C=C\C(CC1C(CCC(O)c2ccc(F)cc2)C(=O)N1c1ccc(F)cc1)=C(/C)OSCC1OC(CN=O)C(O)C(O)C1O)c1ccccc1. The topological polar surface area (TPSA) is 149 Å². The molecule has 55 heavy (non-hydrogen) atoms. The van der Waals surface area contributed by atoms with Gasteiger partial charge in [-0.05, 0) is 91.8 Å². The first kappa shape index (κ1) is 43.5. The number of anilines is 1. The van der Waals surface area contributed by atoms with Gasteiger partial charge in [0.1, 0.15) is 48.4 Å². The highest BCUT2D eigenvalue weighted by molar-refractivity contribution is 7.94. The van der Waals surface area contributed by atoms with Crippen LogP contribution in [0.5, 0.6) is 0 Å². The van der Waals surface area contributed by atoms with Gasteiger partial charge in [0.15, 0.2) is 0 Å². The number of ether oxygens (including phenoxy) is 1. The minimum Gasteiger partial charge on any atom is -0.430 e. The van der Waals surface area contributed by atoms with Gasteiger partial charge in [-0.1, -0.05) is 79.7 Å². The second-order valence-electron chi connectivity index (χ2n) is 13.1. The van der Waals surface area contributed by atoms with Crippen LogP contribution < -0.4 is 4.90 Å². The van der Waals surface area contributed by atoms with Crippen LogP contribution in [0.15, 0.2) is 114 Å². The summed E-state index contributed by atoms with van der Waals surface area (Å²) >= 11 is 0.951. The molecule has 2 saturated heterocycles. The summed E-state index contributed by atoms with van der Waals surface area (Å²) in [6, 6.07) is 20.6. The average Bonchev–Trinajstić information content (AvgIpc) is 3.20. The minimum absolute atomic E-state index is 0.0340. The third kappa shape index (κ3) is 11.2. The van der Waals surface area contributed by atoms with E-state index in [-0.39, 0.29) is 18.1 Å². The van der Waals surface area contributed by atoms with E-state index in [9.17, 15) is 38.9 Å². The van der Waals surface area contributed by atoms with Crippen LogP contribution in [0.25, 0.3) is 5.57 Å². The fourth-order valence-electron chi connectivity index (χ4n) is 6.63. The van der Waals surface area contributed by atoms with Gasteiger partial charge in [0.2, 0.25) is 5.91 Å². The molecule has 1 amide bonds. The molecule has 2 aliphatic heterocycles. The van der Waals surface area contributed by atoms with Crippen molar-refractivity contribution in [2.75, 3.05) is 17.2 Å². The Balaban J connectivity index is 0.00000331. The van der Waals surface area contributed by atoms with Crippen molar-refractivity contribution in [2.45, 2.75) is 89.6 Å². The highest BCUT2D eigenvalue weighted by atomic mass is 32.2. The lowest BCUT2D eigenvalue weighted by molar-refractivity contribution is -0.212. The van der Waals surface area contributed by atoms with Crippen molar-refractivity contribution >= 4 is 29.2 Å². The number of nitrogens with zero attached hydrogens (tertiary/aromatic N) is 2. The average molecular weight is 781 g/mol. The lowest BCUT2D eigenvalue weighted by atomic mass is 9.78. The lowest BCUT2D eigenvalue weighted by Crippen LogP contribution is -2.61. The number of nitroso groups, excluding NO2 is 1. The fourth-order valence-corrected chi connectivity index (χ4v) is 7.39. The lowest BCUT2D eigenvalue weighted by Gasteiger charge is -2.48. The normalized spacial score (nSPS) is 25.1. The van der Waals surface area contributed by atoms with Crippen LogP contribution >= 0.6 is 12.0 Å². The number of aliphatic hydroxyl groups is 4. The summed E-state index contributed by atoms with van der Waals surface area (Å²) < 4.78 is 39.2. The van der Waals surface area contributed by atoms with Gasteiger partial charge >= 0.3 is 0 Å². The van der Waals surface area contributed by atoms with Crippen molar-refractivity contribution in [3.63, 3.8) is 0 Å². The van der Waals surface area contributed by atoms with E-state index in [0.29, 0.717) is 29.9 Å². The van der Waals surface area contributed by atoms with Crippen molar-refractivity contribution in [3.8, 4) is 0 Å². The van der Waals surface area contributed by atoms with Gasteiger partial charge < -0.3 is 34.2 Å². The highest BCUT2D eigenvalue weighted by Gasteiger charge is 2.48. The summed E-state index contributed by atoms with van der Waals surface area (Å²) in [5, 5.41) is 44.7. The smallest absolute Gasteiger partial charge is 0.232 e. The number of halogens is 2. The number of carbonyl (C=O) groups excluding carboxylic acids is 1. The van der Waals surface area contributed by atoms with Gasteiger partial charge in [-0.25, -0.2) is 8.78 Å². The monoisotopic (exact) mass is 780 g/mol. The quantitative estimate of drug-likeness (QED) is 0.0383. The van der Waals surface area contributed by atoms with E-state index in [0.717, 1.165) is 28.8 Å². The summed E-state index contributed by atoms with van der Waals surface area (Å²) in [7, 11) is 0. The number of benzene rings is 3. The molecule has 0 aliphatic carbocycles. The molecule has 3 aromatic rings. The maximum absolute atomic E-state index is 13.9. The molecule has 2 fully saturated rings. The van der Waals surface area contributed by atoms with Crippen LogP contribution in [0.1, 0.15) is 64.2 Å². The summed E-state index contributed by atoms with van der Waals surface area (Å²) in [6.07, 6.45) is -0.714. The van der Waals surface area contributed by atoms with Crippen molar-refractivity contribution in [3.05, 3.63) is 136 Å². The maximum Gasteiger partial charge on any atom is 0.232 e. The Bertz CT molecular complexity index is 1770. The van der Waals surface area contributed by atoms with E-state index in [4.69, 9.17) is 8.92 Å². The predicted octanol–water partition coefficient (Wildman–Crippen LogP) is 7.44. The fraction of sp³-hybridized carbons (Fsp3) is 0.405. The van der Waals surface area contributed by atoms with Crippen molar-refractivity contribution in [1.82, 2.24) is 0 Å². The molecule has 296 valence electrons. The maximum atomic E-state index is 13.9. The minimum atomic E-state index is -1.54. The molecule has 10 nitrogen and oxygen atoms in total. The largest absolute Gasteiger partial charge is 0.430 e. The Morgan fingerprint density at radius 2 is 1.55 bits per heavy atom. The predicted molar refractivity (Wildman–Crippen MR) is 211 cm³/mol. The summed E-state index contributed by atoms with van der Waals surface area (Å²) in [5.41, 5.74) is 3.71. The van der Waals surface area contributed by atoms with E-state index >= 15 is 0 Å². The molecule has 0 saturated carbocycles. The number of amides is 1. The van der Waals surface area contributed by atoms with Crippen LogP contribution in [-0.2, 0) is 13.7 Å². The van der Waals surface area contributed by atoms with Gasteiger partial charge in [-0.3, -0.25) is 4.79 Å². The zero-order valence-corrected chi connectivity index (χ0v) is 32.2. The number of carbonyl (C=O) groups is 1. The van der Waals surface area contributed by atoms with E-state index in [1.807, 2.05) is 69.3 Å². The first-order chi connectivity index (χ1) is 26.5. The van der Waals surface area contributed by atoms with Gasteiger partial charge in [-0.2, -0.15) is 4.91 Å². The van der Waals surface area contributed by atoms with Gasteiger partial charge in [0.25, 0.3) is 0 Å². The van der Waals surface area contributed by atoms with Crippen molar-refractivity contribution in [1.29, 1.82) is 0 Å². The Morgan fingerprint density at radius 1 is 0.927 bits per heavy atom. The molecular weight excluding hydrogens is 731 g/mol. The van der Waals surface area contributed by atoms with E-state index in [2.05, 4.69) is 5.18 Å². The number of rotatable bonds is 16. The molecule has 4 N–H and O–H groups in total. The second-order valence-corrected chi connectivity index (χ2v) is 13.8.